The van der Waals surface area contributed by atoms with Gasteiger partial charge in [-0.3, -0.25) is 14.5 Å². The number of hydrogen-bond donors (Lipinski definition) is 1. The Hall–Kier alpha value is -1.83. The average molecular weight is 422 g/mol. The number of aliphatic imine (C=N–C) groups is 1. The van der Waals surface area contributed by atoms with Crippen molar-refractivity contribution in [3.05, 3.63) is 51.2 Å². The number of thioether (sulfide) groups is 1. The Kier molecular flexibility index (Phi) is 6.57. The number of carbonyl (C=O) groups excluding carboxylic acids is 2. The Labute approximate surface area is 171 Å². The van der Waals surface area contributed by atoms with Crippen LogP contribution in [0.25, 0.3) is 0 Å². The van der Waals surface area contributed by atoms with Crippen LogP contribution in [-0.2, 0) is 9.59 Å². The summed E-state index contributed by atoms with van der Waals surface area (Å²) in [5, 5.41) is 6.15. The highest BCUT2D eigenvalue weighted by molar-refractivity contribution is 8.14. The van der Waals surface area contributed by atoms with Gasteiger partial charge in [0, 0.05) is 29.1 Å². The van der Waals surface area contributed by atoms with E-state index in [1.165, 1.54) is 18.3 Å². The lowest BCUT2D eigenvalue weighted by Crippen LogP contribution is -2.36. The first kappa shape index (κ1) is 19.9. The topological polar surface area (TPSA) is 61.8 Å². The van der Waals surface area contributed by atoms with Gasteiger partial charge in [-0.15, -0.1) is 11.3 Å². The summed E-state index contributed by atoms with van der Waals surface area (Å²) in [5.41, 5.74) is 1.66. The molecular formula is C19H20ClN3O2S2. The number of carbonyl (C=O) groups is 2. The van der Waals surface area contributed by atoms with Crippen LogP contribution in [0.4, 0.5) is 5.69 Å². The van der Waals surface area contributed by atoms with Crippen LogP contribution in [0.2, 0.25) is 5.02 Å². The van der Waals surface area contributed by atoms with Crippen LogP contribution in [0, 0.1) is 6.92 Å². The molecule has 3 rings (SSSR count). The van der Waals surface area contributed by atoms with Gasteiger partial charge in [-0.2, -0.15) is 0 Å². The number of halogens is 1. The first-order valence-corrected chi connectivity index (χ1v) is 10.8. The van der Waals surface area contributed by atoms with Crippen LogP contribution >= 0.6 is 34.7 Å². The molecular weight excluding hydrogens is 402 g/mol. The van der Waals surface area contributed by atoms with Crippen molar-refractivity contribution in [2.45, 2.75) is 26.3 Å². The molecule has 2 amide bonds. The monoisotopic (exact) mass is 421 g/mol. The third-order valence-corrected chi connectivity index (χ3v) is 6.53. The zero-order valence-electron chi connectivity index (χ0n) is 15.1. The lowest BCUT2D eigenvalue weighted by atomic mass is 10.1. The summed E-state index contributed by atoms with van der Waals surface area (Å²) in [7, 11) is 0. The second-order valence-corrected chi connectivity index (χ2v) is 8.59. The third-order valence-electron chi connectivity index (χ3n) is 4.18. The lowest BCUT2D eigenvalue weighted by Gasteiger charge is -2.21. The molecule has 1 fully saturated rings. The second kappa shape index (κ2) is 8.91. The molecule has 1 aromatic heterocycles. The van der Waals surface area contributed by atoms with Gasteiger partial charge in [0.05, 0.1) is 18.2 Å². The number of nitrogens with zero attached hydrogens (tertiary/aromatic N) is 2. The van der Waals surface area contributed by atoms with Crippen molar-refractivity contribution >= 4 is 57.4 Å². The molecule has 1 N–H and O–H groups in total. The van der Waals surface area contributed by atoms with E-state index >= 15 is 0 Å². The predicted octanol–water partition coefficient (Wildman–Crippen LogP) is 4.54. The number of rotatable bonds is 5. The fourth-order valence-electron chi connectivity index (χ4n) is 2.79. The number of benzene rings is 1. The normalized spacial score (nSPS) is 16.6. The van der Waals surface area contributed by atoms with Gasteiger partial charge in [-0.25, -0.2) is 4.99 Å². The molecule has 1 aromatic carbocycles. The highest BCUT2D eigenvalue weighted by atomic mass is 35.5. The van der Waals surface area contributed by atoms with Gasteiger partial charge in [0.2, 0.25) is 11.8 Å². The molecule has 1 atom stereocenters. The molecule has 1 aliphatic heterocycles. The van der Waals surface area contributed by atoms with E-state index in [4.69, 9.17) is 11.6 Å². The summed E-state index contributed by atoms with van der Waals surface area (Å²) in [6.45, 7) is 3.99. The number of amidine groups is 1. The van der Waals surface area contributed by atoms with E-state index in [0.717, 1.165) is 21.9 Å². The first-order valence-electron chi connectivity index (χ1n) is 8.53. The minimum Gasteiger partial charge on any atom is -0.348 e. The Morgan fingerprint density at radius 3 is 2.85 bits per heavy atom. The summed E-state index contributed by atoms with van der Waals surface area (Å²) >= 11 is 9.26. The molecule has 1 saturated heterocycles. The Bertz CT molecular complexity index is 868. The van der Waals surface area contributed by atoms with E-state index in [1.807, 2.05) is 42.6 Å². The molecule has 0 aliphatic carbocycles. The molecule has 2 heterocycles. The Morgan fingerprint density at radius 1 is 1.33 bits per heavy atom. The number of nitrogens with one attached hydrogen (secondary N) is 1. The maximum absolute atomic E-state index is 12.9. The van der Waals surface area contributed by atoms with E-state index in [-0.39, 0.29) is 24.3 Å². The van der Waals surface area contributed by atoms with Crippen molar-refractivity contribution in [1.29, 1.82) is 0 Å². The van der Waals surface area contributed by atoms with Crippen LogP contribution in [0.5, 0.6) is 0 Å². The van der Waals surface area contributed by atoms with Crippen LogP contribution < -0.4 is 5.32 Å². The molecule has 27 heavy (non-hydrogen) atoms. The maximum atomic E-state index is 12.9. The van der Waals surface area contributed by atoms with Gasteiger partial charge >= 0.3 is 0 Å². The van der Waals surface area contributed by atoms with Crippen molar-refractivity contribution < 1.29 is 9.59 Å². The van der Waals surface area contributed by atoms with Crippen molar-refractivity contribution in [1.82, 2.24) is 10.2 Å². The van der Waals surface area contributed by atoms with E-state index in [2.05, 4.69) is 10.3 Å². The van der Waals surface area contributed by atoms with Crippen molar-refractivity contribution in [2.75, 3.05) is 12.3 Å². The second-order valence-electron chi connectivity index (χ2n) is 6.14. The summed E-state index contributed by atoms with van der Waals surface area (Å²) < 4.78 is 0. The number of hydrogen-bond acceptors (Lipinski definition) is 5. The molecule has 1 aliphatic rings. The van der Waals surface area contributed by atoms with Crippen molar-refractivity contribution in [3.8, 4) is 0 Å². The summed E-state index contributed by atoms with van der Waals surface area (Å²) in [6.07, 6.45) is 0.203. The largest absolute Gasteiger partial charge is 0.348 e. The fraction of sp³-hybridized carbons (Fsp3) is 0.316. The SMILES string of the molecule is CC(=O)N[C@H](CC(=O)N1CCSC1=Nc1cccc(Cl)c1C)c1cccs1. The Balaban J connectivity index is 1.79. The van der Waals surface area contributed by atoms with Crippen LogP contribution in [0.1, 0.15) is 29.8 Å². The number of thiophene rings is 1. The maximum Gasteiger partial charge on any atom is 0.231 e. The number of amides is 2. The standard InChI is InChI=1S/C19H20ClN3O2S2/c1-12-14(20)5-3-6-15(12)22-19-23(8-10-27-19)18(25)11-16(21-13(2)24)17-7-4-9-26-17/h3-7,9,16H,8,10-11H2,1-2H3,(H,21,24)/t16-/m1/s1. The highest BCUT2D eigenvalue weighted by Crippen LogP contribution is 2.30. The van der Waals surface area contributed by atoms with E-state index in [9.17, 15) is 9.59 Å². The zero-order chi connectivity index (χ0) is 19.4. The van der Waals surface area contributed by atoms with Crippen LogP contribution in [0.15, 0.2) is 40.7 Å². The molecule has 0 bridgehead atoms. The smallest absolute Gasteiger partial charge is 0.231 e. The summed E-state index contributed by atoms with van der Waals surface area (Å²) in [5.74, 6) is 0.597. The van der Waals surface area contributed by atoms with Gasteiger partial charge in [-0.05, 0) is 36.1 Å². The van der Waals surface area contributed by atoms with E-state index < -0.39 is 0 Å². The van der Waals surface area contributed by atoms with Crippen LogP contribution in [-0.4, -0.2) is 34.2 Å². The molecule has 2 aromatic rings. The zero-order valence-corrected chi connectivity index (χ0v) is 17.5. The highest BCUT2D eigenvalue weighted by Gasteiger charge is 2.29. The minimum absolute atomic E-state index is 0.0504. The van der Waals surface area contributed by atoms with Gasteiger partial charge in [-0.1, -0.05) is 35.5 Å². The molecule has 0 spiro atoms. The van der Waals surface area contributed by atoms with E-state index in [0.29, 0.717) is 16.7 Å². The van der Waals surface area contributed by atoms with Gasteiger partial charge < -0.3 is 5.32 Å². The average Bonchev–Trinajstić information content (AvgIpc) is 3.30. The minimum atomic E-state index is -0.324. The lowest BCUT2D eigenvalue weighted by molar-refractivity contribution is -0.127. The van der Waals surface area contributed by atoms with Crippen molar-refractivity contribution in [3.63, 3.8) is 0 Å². The van der Waals surface area contributed by atoms with Gasteiger partial charge in [0.1, 0.15) is 0 Å². The molecule has 5 nitrogen and oxygen atoms in total. The first-order chi connectivity index (χ1) is 13.0. The van der Waals surface area contributed by atoms with Crippen LogP contribution in [0.3, 0.4) is 0 Å². The summed E-state index contributed by atoms with van der Waals surface area (Å²) in [6, 6.07) is 9.09. The summed E-state index contributed by atoms with van der Waals surface area (Å²) in [4.78, 5) is 31.8. The molecule has 0 radical (unpaired) electrons. The predicted molar refractivity (Wildman–Crippen MR) is 113 cm³/mol. The van der Waals surface area contributed by atoms with Gasteiger partial charge in [0.15, 0.2) is 5.17 Å². The molecule has 142 valence electrons. The Morgan fingerprint density at radius 2 is 2.15 bits per heavy atom. The molecule has 8 heteroatoms. The third kappa shape index (κ3) is 4.91. The molecule has 0 unspecified atom stereocenters. The van der Waals surface area contributed by atoms with E-state index in [1.54, 1.807) is 16.7 Å². The van der Waals surface area contributed by atoms with Crippen molar-refractivity contribution in [2.24, 2.45) is 4.99 Å². The molecule has 0 saturated carbocycles. The quantitative estimate of drug-likeness (QED) is 0.770. The fourth-order valence-corrected chi connectivity index (χ4v) is 4.70. The van der Waals surface area contributed by atoms with Gasteiger partial charge in [0.25, 0.3) is 0 Å².